The smallest absolute Gasteiger partial charge is 0.252 e. The standard InChI is InChI=1S/C21H23FN6O2S/c1-24-17-11-30-7-5-16(17)27-20-15(22)10-14(18(23)29)19(28-20)26-13-4-2-3-12(9-13)21-25-6-8-31-21/h2-4,6,8-10,16-17,24H,5,7,11H2,1H3,(H2,23,29)(H2,26,27,28)/t16-,17?/m1/s1. The molecule has 2 aromatic heterocycles. The van der Waals surface area contributed by atoms with Crippen LogP contribution in [0, 0.1) is 5.82 Å². The van der Waals surface area contributed by atoms with Gasteiger partial charge in [0.25, 0.3) is 5.91 Å². The van der Waals surface area contributed by atoms with Crippen LogP contribution < -0.4 is 21.7 Å². The first-order valence-corrected chi connectivity index (χ1v) is 10.7. The van der Waals surface area contributed by atoms with Crippen molar-refractivity contribution in [3.05, 3.63) is 53.3 Å². The van der Waals surface area contributed by atoms with Crippen LogP contribution in [0.1, 0.15) is 16.8 Å². The summed E-state index contributed by atoms with van der Waals surface area (Å²) >= 11 is 1.52. The minimum atomic E-state index is -0.768. The molecule has 2 atom stereocenters. The van der Waals surface area contributed by atoms with Crippen molar-refractivity contribution < 1.29 is 13.9 Å². The molecule has 1 aliphatic heterocycles. The SMILES string of the molecule is CNC1COCC[C@H]1Nc1nc(Nc2cccc(-c3nccs3)c2)c(C(N)=O)cc1F. The summed E-state index contributed by atoms with van der Waals surface area (Å²) < 4.78 is 20.2. The minimum Gasteiger partial charge on any atom is -0.380 e. The summed E-state index contributed by atoms with van der Waals surface area (Å²) in [6.07, 6.45) is 2.43. The van der Waals surface area contributed by atoms with Crippen LogP contribution in [0.5, 0.6) is 0 Å². The number of carbonyl (C=O) groups is 1. The van der Waals surface area contributed by atoms with Gasteiger partial charge in [0.05, 0.1) is 18.2 Å². The summed E-state index contributed by atoms with van der Waals surface area (Å²) in [6.45, 7) is 1.09. The van der Waals surface area contributed by atoms with E-state index in [0.29, 0.717) is 25.3 Å². The van der Waals surface area contributed by atoms with Gasteiger partial charge in [-0.25, -0.2) is 14.4 Å². The van der Waals surface area contributed by atoms with E-state index in [-0.39, 0.29) is 29.3 Å². The zero-order valence-electron chi connectivity index (χ0n) is 16.9. The molecular formula is C21H23FN6O2S. The van der Waals surface area contributed by atoms with Gasteiger partial charge in [-0.15, -0.1) is 11.3 Å². The number of nitrogens with two attached hydrogens (primary N) is 1. The van der Waals surface area contributed by atoms with Crippen LogP contribution in [0.25, 0.3) is 10.6 Å². The van der Waals surface area contributed by atoms with Gasteiger partial charge >= 0.3 is 0 Å². The first-order valence-electron chi connectivity index (χ1n) is 9.84. The fourth-order valence-corrected chi connectivity index (χ4v) is 4.11. The molecule has 1 amide bonds. The Labute approximate surface area is 183 Å². The number of hydrogen-bond donors (Lipinski definition) is 4. The lowest BCUT2D eigenvalue weighted by molar-refractivity contribution is 0.0656. The Hall–Kier alpha value is -3.08. The van der Waals surface area contributed by atoms with Gasteiger partial charge in [0, 0.05) is 35.5 Å². The number of rotatable bonds is 7. The molecule has 5 N–H and O–H groups in total. The third-order valence-corrected chi connectivity index (χ3v) is 5.92. The molecule has 3 heterocycles. The quantitative estimate of drug-likeness (QED) is 0.445. The Kier molecular flexibility index (Phi) is 6.40. The van der Waals surface area contributed by atoms with E-state index in [4.69, 9.17) is 10.5 Å². The number of pyridine rings is 1. The molecule has 31 heavy (non-hydrogen) atoms. The predicted octanol–water partition coefficient (Wildman–Crippen LogP) is 2.98. The van der Waals surface area contributed by atoms with E-state index in [9.17, 15) is 9.18 Å². The van der Waals surface area contributed by atoms with E-state index in [1.807, 2.05) is 36.7 Å². The normalized spacial score (nSPS) is 18.5. The Morgan fingerprint density at radius 3 is 2.90 bits per heavy atom. The van der Waals surface area contributed by atoms with Crippen LogP contribution in [0.3, 0.4) is 0 Å². The second-order valence-electron chi connectivity index (χ2n) is 7.13. The van der Waals surface area contributed by atoms with Crippen molar-refractivity contribution in [2.75, 3.05) is 30.9 Å². The van der Waals surface area contributed by atoms with E-state index in [1.165, 1.54) is 11.3 Å². The van der Waals surface area contributed by atoms with Gasteiger partial charge in [-0.3, -0.25) is 4.79 Å². The molecule has 1 unspecified atom stereocenters. The van der Waals surface area contributed by atoms with Crippen molar-refractivity contribution in [1.82, 2.24) is 15.3 Å². The zero-order valence-corrected chi connectivity index (χ0v) is 17.7. The van der Waals surface area contributed by atoms with Gasteiger partial charge in [0.2, 0.25) is 0 Å². The lowest BCUT2D eigenvalue weighted by atomic mass is 10.0. The molecule has 1 aromatic carbocycles. The number of aromatic nitrogens is 2. The van der Waals surface area contributed by atoms with Crippen molar-refractivity contribution >= 4 is 34.6 Å². The van der Waals surface area contributed by atoms with Crippen LogP contribution in [0.15, 0.2) is 41.9 Å². The van der Waals surface area contributed by atoms with Gasteiger partial charge in [-0.05, 0) is 31.7 Å². The molecule has 0 bridgehead atoms. The number of ether oxygens (including phenoxy) is 1. The van der Waals surface area contributed by atoms with Crippen LogP contribution >= 0.6 is 11.3 Å². The van der Waals surface area contributed by atoms with Crippen LogP contribution in [-0.4, -0.2) is 48.2 Å². The Balaban J connectivity index is 1.64. The number of anilines is 3. The van der Waals surface area contributed by atoms with E-state index in [1.54, 1.807) is 6.20 Å². The van der Waals surface area contributed by atoms with Crippen molar-refractivity contribution in [2.24, 2.45) is 5.73 Å². The number of thiazole rings is 1. The highest BCUT2D eigenvalue weighted by Crippen LogP contribution is 2.28. The number of nitrogens with one attached hydrogen (secondary N) is 3. The van der Waals surface area contributed by atoms with Gasteiger partial charge < -0.3 is 26.4 Å². The number of halogens is 1. The fraction of sp³-hybridized carbons (Fsp3) is 0.286. The topological polar surface area (TPSA) is 114 Å². The first kappa shape index (κ1) is 21.2. The molecule has 10 heteroatoms. The molecule has 0 spiro atoms. The predicted molar refractivity (Wildman–Crippen MR) is 119 cm³/mol. The molecule has 3 aromatic rings. The number of nitrogens with zero attached hydrogens (tertiary/aromatic N) is 2. The van der Waals surface area contributed by atoms with Crippen LogP contribution in [0.4, 0.5) is 21.7 Å². The van der Waals surface area contributed by atoms with E-state index < -0.39 is 11.7 Å². The second-order valence-corrected chi connectivity index (χ2v) is 8.03. The van der Waals surface area contributed by atoms with Crippen molar-refractivity contribution in [3.8, 4) is 10.6 Å². The summed E-state index contributed by atoms with van der Waals surface area (Å²) in [7, 11) is 1.83. The number of amides is 1. The van der Waals surface area contributed by atoms with Gasteiger partial charge in [-0.1, -0.05) is 12.1 Å². The maximum absolute atomic E-state index is 14.7. The lowest BCUT2D eigenvalue weighted by Crippen LogP contribution is -2.49. The summed E-state index contributed by atoms with van der Waals surface area (Å²) in [5.41, 5.74) is 7.05. The van der Waals surface area contributed by atoms with Gasteiger partial charge in [-0.2, -0.15) is 0 Å². The average Bonchev–Trinajstić information content (AvgIpc) is 3.31. The molecule has 8 nitrogen and oxygen atoms in total. The Bertz CT molecular complexity index is 1060. The summed E-state index contributed by atoms with van der Waals surface area (Å²) in [4.78, 5) is 20.6. The number of hydrogen-bond acceptors (Lipinski definition) is 8. The number of likely N-dealkylation sites (N-methyl/N-ethyl adjacent to an activating group) is 1. The molecule has 1 saturated heterocycles. The third kappa shape index (κ3) is 4.82. The Morgan fingerprint density at radius 2 is 2.16 bits per heavy atom. The zero-order chi connectivity index (χ0) is 21.8. The molecule has 162 valence electrons. The first-order chi connectivity index (χ1) is 15.0. The third-order valence-electron chi connectivity index (χ3n) is 5.10. The van der Waals surface area contributed by atoms with Crippen molar-refractivity contribution in [3.63, 3.8) is 0 Å². The number of benzene rings is 1. The minimum absolute atomic E-state index is 0.0113. The summed E-state index contributed by atoms with van der Waals surface area (Å²) in [5.74, 6) is -1.18. The molecule has 4 rings (SSSR count). The molecular weight excluding hydrogens is 419 g/mol. The second kappa shape index (κ2) is 9.38. The number of carbonyl (C=O) groups excluding carboxylic acids is 1. The van der Waals surface area contributed by atoms with Gasteiger partial charge in [0.15, 0.2) is 11.6 Å². The van der Waals surface area contributed by atoms with Crippen LogP contribution in [-0.2, 0) is 4.74 Å². The lowest BCUT2D eigenvalue weighted by Gasteiger charge is -2.32. The number of primary amides is 1. The summed E-state index contributed by atoms with van der Waals surface area (Å²) in [6, 6.07) is 8.57. The van der Waals surface area contributed by atoms with E-state index >= 15 is 0 Å². The van der Waals surface area contributed by atoms with Crippen molar-refractivity contribution in [1.29, 1.82) is 0 Å². The van der Waals surface area contributed by atoms with Crippen molar-refractivity contribution in [2.45, 2.75) is 18.5 Å². The maximum Gasteiger partial charge on any atom is 0.252 e. The highest BCUT2D eigenvalue weighted by atomic mass is 32.1. The largest absolute Gasteiger partial charge is 0.380 e. The van der Waals surface area contributed by atoms with Crippen LogP contribution in [0.2, 0.25) is 0 Å². The van der Waals surface area contributed by atoms with E-state index in [0.717, 1.165) is 16.6 Å². The average molecular weight is 443 g/mol. The molecule has 1 aliphatic rings. The molecule has 0 saturated carbocycles. The molecule has 0 aliphatic carbocycles. The maximum atomic E-state index is 14.7. The van der Waals surface area contributed by atoms with E-state index in [2.05, 4.69) is 25.9 Å². The fourth-order valence-electron chi connectivity index (χ4n) is 3.48. The Morgan fingerprint density at radius 1 is 1.29 bits per heavy atom. The summed E-state index contributed by atoms with van der Waals surface area (Å²) in [5, 5.41) is 12.2. The monoisotopic (exact) mass is 442 g/mol. The highest BCUT2D eigenvalue weighted by molar-refractivity contribution is 7.13. The molecule has 1 fully saturated rings. The van der Waals surface area contributed by atoms with Gasteiger partial charge in [0.1, 0.15) is 10.8 Å². The highest BCUT2D eigenvalue weighted by Gasteiger charge is 2.26. The molecule has 0 radical (unpaired) electrons.